The van der Waals surface area contributed by atoms with Gasteiger partial charge in [0.25, 0.3) is 0 Å². The summed E-state index contributed by atoms with van der Waals surface area (Å²) >= 11 is 0. The molecular formula is C20H21N3O4. The standard InChI is InChI=1S/C20H21N3O4/c1-23(13-6-3-2-4-7-13)19-16(20(25)26)17(24)15(27-19)10-12-11-22-18-14(12)8-5-9-21-18/h5,8-11,13,24H,2-4,6-7H2,1H3,(H,25,26). The highest BCUT2D eigenvalue weighted by molar-refractivity contribution is 6.21. The lowest BCUT2D eigenvalue weighted by Crippen LogP contribution is -2.33. The molecule has 2 N–H and O–H groups in total. The Balaban J connectivity index is 1.74. The predicted molar refractivity (Wildman–Crippen MR) is 103 cm³/mol. The Morgan fingerprint density at radius 1 is 1.33 bits per heavy atom. The van der Waals surface area contributed by atoms with Crippen LogP contribution < -0.4 is 4.90 Å². The van der Waals surface area contributed by atoms with Crippen molar-refractivity contribution in [2.45, 2.75) is 38.1 Å². The number of fused-ring (bicyclic) bond motifs is 1. The molecule has 2 aliphatic rings. The van der Waals surface area contributed by atoms with Gasteiger partial charge in [-0.2, -0.15) is 0 Å². The Labute approximate surface area is 156 Å². The predicted octanol–water partition coefficient (Wildman–Crippen LogP) is 4.10. The summed E-state index contributed by atoms with van der Waals surface area (Å²) < 4.78 is 5.84. The molecular weight excluding hydrogens is 346 g/mol. The molecule has 1 saturated carbocycles. The average molecular weight is 367 g/mol. The molecule has 27 heavy (non-hydrogen) atoms. The van der Waals surface area contributed by atoms with Crippen LogP contribution in [0.4, 0.5) is 11.7 Å². The maximum atomic E-state index is 11.8. The average Bonchev–Trinajstić information content (AvgIpc) is 3.24. The van der Waals surface area contributed by atoms with Crippen molar-refractivity contribution in [3.63, 3.8) is 0 Å². The van der Waals surface area contributed by atoms with E-state index in [0.717, 1.165) is 31.2 Å². The second kappa shape index (κ2) is 6.90. The zero-order valence-corrected chi connectivity index (χ0v) is 15.1. The molecule has 0 atom stereocenters. The number of carbonyl (C=O) groups is 1. The fourth-order valence-electron chi connectivity index (χ4n) is 3.78. The second-order valence-corrected chi connectivity index (χ2v) is 6.94. The van der Waals surface area contributed by atoms with Crippen LogP contribution in [0.2, 0.25) is 0 Å². The van der Waals surface area contributed by atoms with E-state index in [1.165, 1.54) is 6.42 Å². The number of carboxylic acid groups (broad SMARTS) is 1. The molecule has 2 aromatic rings. The van der Waals surface area contributed by atoms with E-state index >= 15 is 0 Å². The van der Waals surface area contributed by atoms with Crippen molar-refractivity contribution in [2.24, 2.45) is 4.99 Å². The van der Waals surface area contributed by atoms with Gasteiger partial charge in [0.2, 0.25) is 5.88 Å². The van der Waals surface area contributed by atoms with Gasteiger partial charge in [0.15, 0.2) is 22.9 Å². The van der Waals surface area contributed by atoms with Gasteiger partial charge in [0.05, 0.1) is 0 Å². The number of aromatic hydroxyl groups is 1. The summed E-state index contributed by atoms with van der Waals surface area (Å²) in [5.74, 6) is -0.671. The van der Waals surface area contributed by atoms with E-state index in [-0.39, 0.29) is 29.0 Å². The largest absolute Gasteiger partial charge is 0.504 e. The highest BCUT2D eigenvalue weighted by Gasteiger charge is 2.31. The van der Waals surface area contributed by atoms with Gasteiger partial charge in [-0.05, 0) is 31.1 Å². The van der Waals surface area contributed by atoms with E-state index in [1.54, 1.807) is 24.6 Å². The Hall–Kier alpha value is -3.09. The third-order valence-corrected chi connectivity index (χ3v) is 5.26. The van der Waals surface area contributed by atoms with E-state index < -0.39 is 5.97 Å². The van der Waals surface area contributed by atoms with E-state index in [4.69, 9.17) is 4.42 Å². The topological polar surface area (TPSA) is 99.2 Å². The first-order valence-electron chi connectivity index (χ1n) is 9.09. The Bertz CT molecular complexity index is 939. The molecule has 0 saturated heterocycles. The van der Waals surface area contributed by atoms with Crippen LogP contribution in [0, 0.1) is 0 Å². The van der Waals surface area contributed by atoms with Gasteiger partial charge < -0.3 is 19.5 Å². The highest BCUT2D eigenvalue weighted by Crippen LogP contribution is 2.40. The number of rotatable bonds is 4. The molecule has 0 spiro atoms. The summed E-state index contributed by atoms with van der Waals surface area (Å²) in [7, 11) is 1.83. The normalized spacial score (nSPS) is 18.0. The van der Waals surface area contributed by atoms with Crippen molar-refractivity contribution >= 4 is 35.5 Å². The molecule has 0 aromatic carbocycles. The van der Waals surface area contributed by atoms with Crippen LogP contribution in [-0.4, -0.2) is 40.5 Å². The quantitative estimate of drug-likeness (QED) is 0.844. The minimum atomic E-state index is -1.21. The maximum absolute atomic E-state index is 11.8. The van der Waals surface area contributed by atoms with E-state index in [1.807, 2.05) is 18.0 Å². The van der Waals surface area contributed by atoms with Crippen LogP contribution in [0.3, 0.4) is 0 Å². The molecule has 4 rings (SSSR count). The van der Waals surface area contributed by atoms with Crippen molar-refractivity contribution in [3.8, 4) is 5.75 Å². The summed E-state index contributed by atoms with van der Waals surface area (Å²) in [6.45, 7) is 0. The minimum Gasteiger partial charge on any atom is -0.504 e. The molecule has 1 aliphatic carbocycles. The number of allylic oxidation sites excluding steroid dienone is 1. The second-order valence-electron chi connectivity index (χ2n) is 6.94. The first-order chi connectivity index (χ1) is 13.1. The molecule has 1 aliphatic heterocycles. The molecule has 0 radical (unpaired) electrons. The fourth-order valence-corrected chi connectivity index (χ4v) is 3.78. The molecule has 3 heterocycles. The maximum Gasteiger partial charge on any atom is 0.345 e. The number of hydrogen-bond donors (Lipinski definition) is 2. The lowest BCUT2D eigenvalue weighted by Gasteiger charge is -2.31. The zero-order valence-electron chi connectivity index (χ0n) is 15.1. The van der Waals surface area contributed by atoms with Gasteiger partial charge in [-0.1, -0.05) is 19.3 Å². The van der Waals surface area contributed by atoms with Gasteiger partial charge in [-0.25, -0.2) is 14.8 Å². The molecule has 0 unspecified atom stereocenters. The number of aromatic nitrogens is 1. The number of anilines is 1. The number of aromatic carboxylic acids is 1. The summed E-state index contributed by atoms with van der Waals surface area (Å²) in [5.41, 5.74) is 1.33. The third kappa shape index (κ3) is 3.09. The molecule has 7 nitrogen and oxygen atoms in total. The highest BCUT2D eigenvalue weighted by atomic mass is 16.4. The molecule has 140 valence electrons. The number of furan rings is 1. The number of aliphatic imine (C=N–C) groups is 1. The van der Waals surface area contributed by atoms with Crippen molar-refractivity contribution in [1.82, 2.24) is 4.98 Å². The Kier molecular flexibility index (Phi) is 4.43. The van der Waals surface area contributed by atoms with Crippen molar-refractivity contribution < 1.29 is 19.4 Å². The first-order valence-corrected chi connectivity index (χ1v) is 9.09. The lowest BCUT2D eigenvalue weighted by molar-refractivity contribution is 0.0694. The molecule has 7 heteroatoms. The Morgan fingerprint density at radius 3 is 2.85 bits per heavy atom. The van der Waals surface area contributed by atoms with E-state index in [2.05, 4.69) is 9.98 Å². The number of carboxylic acids is 1. The fraction of sp³-hybridized carbons (Fsp3) is 0.350. The van der Waals surface area contributed by atoms with Crippen LogP contribution in [0.5, 0.6) is 5.75 Å². The minimum absolute atomic E-state index is 0.114. The number of nitrogens with zero attached hydrogens (tertiary/aromatic N) is 3. The molecule has 0 bridgehead atoms. The van der Waals surface area contributed by atoms with Crippen LogP contribution in [0.15, 0.2) is 27.7 Å². The number of pyridine rings is 1. The van der Waals surface area contributed by atoms with Crippen molar-refractivity contribution in [3.05, 3.63) is 35.2 Å². The SMILES string of the molecule is CN(c1oc(C=C2C=Nc3ncccc32)c(O)c1C(=O)O)C1CCCCC1. The number of hydrogen-bond acceptors (Lipinski definition) is 6. The Morgan fingerprint density at radius 2 is 2.11 bits per heavy atom. The van der Waals surface area contributed by atoms with Crippen molar-refractivity contribution in [2.75, 3.05) is 11.9 Å². The van der Waals surface area contributed by atoms with Crippen LogP contribution in [-0.2, 0) is 0 Å². The van der Waals surface area contributed by atoms with Gasteiger partial charge in [-0.15, -0.1) is 0 Å². The van der Waals surface area contributed by atoms with Crippen molar-refractivity contribution in [1.29, 1.82) is 0 Å². The zero-order chi connectivity index (χ0) is 19.0. The van der Waals surface area contributed by atoms with Crippen LogP contribution in [0.25, 0.3) is 11.6 Å². The van der Waals surface area contributed by atoms with Gasteiger partial charge in [0, 0.05) is 36.6 Å². The van der Waals surface area contributed by atoms with Gasteiger partial charge in [0.1, 0.15) is 0 Å². The molecule has 2 aromatic heterocycles. The summed E-state index contributed by atoms with van der Waals surface area (Å²) in [5, 5.41) is 20.2. The molecule has 1 fully saturated rings. The van der Waals surface area contributed by atoms with Crippen LogP contribution in [0.1, 0.15) is 53.8 Å². The third-order valence-electron chi connectivity index (χ3n) is 5.26. The van der Waals surface area contributed by atoms with E-state index in [9.17, 15) is 15.0 Å². The summed E-state index contributed by atoms with van der Waals surface area (Å²) in [4.78, 5) is 22.0. The monoisotopic (exact) mass is 367 g/mol. The first kappa shape index (κ1) is 17.3. The van der Waals surface area contributed by atoms with Crippen LogP contribution >= 0.6 is 0 Å². The molecule has 0 amide bonds. The van der Waals surface area contributed by atoms with Gasteiger partial charge in [-0.3, -0.25) is 0 Å². The summed E-state index contributed by atoms with van der Waals surface area (Å²) in [6, 6.07) is 3.88. The smallest absolute Gasteiger partial charge is 0.345 e. The van der Waals surface area contributed by atoms with Gasteiger partial charge >= 0.3 is 5.97 Å². The lowest BCUT2D eigenvalue weighted by atomic mass is 9.94. The van der Waals surface area contributed by atoms with E-state index in [0.29, 0.717) is 11.4 Å². The summed E-state index contributed by atoms with van der Waals surface area (Å²) in [6.07, 6.45) is 10.3.